The van der Waals surface area contributed by atoms with Crippen molar-refractivity contribution in [2.24, 2.45) is 0 Å². The van der Waals surface area contributed by atoms with E-state index >= 15 is 0 Å². The van der Waals surface area contributed by atoms with Crippen LogP contribution in [0.4, 0.5) is 0 Å². The third-order valence-electron chi connectivity index (χ3n) is 4.84. The summed E-state index contributed by atoms with van der Waals surface area (Å²) in [6, 6.07) is 18.7. The van der Waals surface area contributed by atoms with Gasteiger partial charge in [0, 0.05) is 6.07 Å². The van der Waals surface area contributed by atoms with Crippen LogP contribution in [0.15, 0.2) is 70.8 Å². The monoisotopic (exact) mass is 406 g/mol. The molecule has 0 saturated carbocycles. The van der Waals surface area contributed by atoms with Crippen LogP contribution in [0.2, 0.25) is 0 Å². The molecule has 0 aliphatic carbocycles. The van der Waals surface area contributed by atoms with Crippen molar-refractivity contribution in [1.29, 1.82) is 0 Å². The van der Waals surface area contributed by atoms with E-state index in [1.807, 2.05) is 23.6 Å². The Morgan fingerprint density at radius 3 is 2.41 bits per heavy atom. The van der Waals surface area contributed by atoms with E-state index in [2.05, 4.69) is 32.9 Å². The molecule has 0 fully saturated rings. The minimum Gasteiger partial charge on any atom is -0.618 e. The van der Waals surface area contributed by atoms with E-state index < -0.39 is 5.56 Å². The fourth-order valence-electron chi connectivity index (χ4n) is 3.21. The molecule has 0 spiro atoms. The maximum Gasteiger partial charge on any atom is 0.358 e. The Morgan fingerprint density at radius 1 is 1.03 bits per heavy atom. The number of hydrogen-bond acceptors (Lipinski definition) is 4. The van der Waals surface area contributed by atoms with Crippen molar-refractivity contribution >= 4 is 22.4 Å². The summed E-state index contributed by atoms with van der Waals surface area (Å²) in [5.41, 5.74) is 2.69. The van der Waals surface area contributed by atoms with Crippen LogP contribution in [0, 0.1) is 5.21 Å². The van der Waals surface area contributed by atoms with Gasteiger partial charge in [-0.25, -0.2) is 0 Å². The summed E-state index contributed by atoms with van der Waals surface area (Å²) in [5, 5.41) is 14.7. The van der Waals surface area contributed by atoms with Crippen LogP contribution in [-0.4, -0.2) is 4.73 Å². The first-order valence-electron chi connectivity index (χ1n) is 9.40. The molecule has 0 unspecified atom stereocenters. The Morgan fingerprint density at radius 2 is 1.76 bits per heavy atom. The molecule has 148 valence electrons. The lowest BCUT2D eigenvalue weighted by atomic mass is 9.87. The summed E-state index contributed by atoms with van der Waals surface area (Å²) in [4.78, 5) is 19.7. The minimum atomic E-state index is -0.465. The third kappa shape index (κ3) is 3.63. The molecule has 4 aromatic rings. The van der Waals surface area contributed by atoms with Crippen molar-refractivity contribution in [3.05, 3.63) is 92.7 Å². The van der Waals surface area contributed by atoms with Gasteiger partial charge < -0.3 is 10.0 Å². The largest absolute Gasteiger partial charge is 0.618 e. The van der Waals surface area contributed by atoms with Gasteiger partial charge in [-0.05, 0) is 34.1 Å². The summed E-state index contributed by atoms with van der Waals surface area (Å²) >= 11 is 1.35. The Kier molecular flexibility index (Phi) is 4.88. The second kappa shape index (κ2) is 7.37. The standard InChI is InChI=1S/C23H22N2O3S/c1-23(2,3)17-12-10-16(11-13-17)15-28-25-19-8-5-4-7-18(19)24(27)21(22(25)26)20-9-6-14-29-20/h4-14H,15H2,1-3H3. The summed E-state index contributed by atoms with van der Waals surface area (Å²) in [5.74, 6) is 0. The van der Waals surface area contributed by atoms with Crippen LogP contribution in [0.3, 0.4) is 0 Å². The molecule has 4 rings (SSSR count). The zero-order valence-corrected chi connectivity index (χ0v) is 17.4. The maximum absolute atomic E-state index is 13.1. The summed E-state index contributed by atoms with van der Waals surface area (Å²) in [6.07, 6.45) is 0. The van der Waals surface area contributed by atoms with Gasteiger partial charge in [-0.1, -0.05) is 63.2 Å². The van der Waals surface area contributed by atoms with Gasteiger partial charge in [0.05, 0.1) is 0 Å². The zero-order chi connectivity index (χ0) is 20.6. The van der Waals surface area contributed by atoms with Gasteiger partial charge in [0.2, 0.25) is 5.52 Å². The van der Waals surface area contributed by atoms with Gasteiger partial charge >= 0.3 is 11.3 Å². The lowest BCUT2D eigenvalue weighted by Crippen LogP contribution is -2.42. The number of aromatic nitrogens is 2. The van der Waals surface area contributed by atoms with E-state index in [0.717, 1.165) is 5.56 Å². The normalized spacial score (nSPS) is 11.7. The van der Waals surface area contributed by atoms with E-state index in [0.29, 0.717) is 20.6 Å². The van der Waals surface area contributed by atoms with Gasteiger partial charge in [0.15, 0.2) is 5.52 Å². The molecule has 6 heteroatoms. The number of nitrogens with zero attached hydrogens (tertiary/aromatic N) is 2. The second-order valence-electron chi connectivity index (χ2n) is 7.93. The highest BCUT2D eigenvalue weighted by Gasteiger charge is 2.24. The van der Waals surface area contributed by atoms with Crippen molar-refractivity contribution in [3.63, 3.8) is 0 Å². The Labute approximate surface area is 173 Å². The lowest BCUT2D eigenvalue weighted by molar-refractivity contribution is -0.566. The van der Waals surface area contributed by atoms with Crippen molar-refractivity contribution in [1.82, 2.24) is 4.73 Å². The quantitative estimate of drug-likeness (QED) is 0.375. The van der Waals surface area contributed by atoms with Crippen LogP contribution >= 0.6 is 11.3 Å². The van der Waals surface area contributed by atoms with Gasteiger partial charge in [-0.2, -0.15) is 4.73 Å². The van der Waals surface area contributed by atoms with Gasteiger partial charge in [-0.3, -0.25) is 4.79 Å². The van der Waals surface area contributed by atoms with Crippen LogP contribution in [0.5, 0.6) is 0 Å². The fraction of sp³-hybridized carbons (Fsp3) is 0.217. The van der Waals surface area contributed by atoms with Gasteiger partial charge in [0.25, 0.3) is 0 Å². The minimum absolute atomic E-state index is 0.0711. The van der Waals surface area contributed by atoms with E-state index in [4.69, 9.17) is 4.84 Å². The van der Waals surface area contributed by atoms with E-state index in [9.17, 15) is 10.0 Å². The van der Waals surface area contributed by atoms with Crippen LogP contribution < -0.4 is 15.1 Å². The number of thiophene rings is 1. The van der Waals surface area contributed by atoms with E-state index in [1.165, 1.54) is 21.6 Å². The molecule has 0 amide bonds. The van der Waals surface area contributed by atoms with Gasteiger partial charge in [0.1, 0.15) is 11.5 Å². The predicted molar refractivity (Wildman–Crippen MR) is 116 cm³/mol. The van der Waals surface area contributed by atoms with E-state index in [-0.39, 0.29) is 17.7 Å². The first-order chi connectivity index (χ1) is 13.9. The molecule has 0 aliphatic heterocycles. The number of fused-ring (bicyclic) bond motifs is 1. The van der Waals surface area contributed by atoms with Crippen molar-refractivity contribution < 1.29 is 9.57 Å². The molecule has 0 bridgehead atoms. The first kappa shape index (κ1) is 19.2. The average Bonchev–Trinajstić information content (AvgIpc) is 3.22. The highest BCUT2D eigenvalue weighted by Crippen LogP contribution is 2.23. The predicted octanol–water partition coefficient (Wildman–Crippen LogP) is 4.29. The Bertz CT molecular complexity index is 1200. The van der Waals surface area contributed by atoms with Crippen molar-refractivity contribution in [2.75, 3.05) is 0 Å². The highest BCUT2D eigenvalue weighted by molar-refractivity contribution is 7.13. The molecule has 0 atom stereocenters. The molecule has 2 aromatic carbocycles. The topological polar surface area (TPSA) is 58.2 Å². The highest BCUT2D eigenvalue weighted by atomic mass is 32.1. The Balaban J connectivity index is 1.75. The molecule has 0 aliphatic rings. The number of benzene rings is 2. The lowest BCUT2D eigenvalue weighted by Gasteiger charge is -2.19. The molecule has 0 N–H and O–H groups in total. The van der Waals surface area contributed by atoms with Crippen LogP contribution in [0.25, 0.3) is 21.6 Å². The molecule has 0 radical (unpaired) electrons. The first-order valence-corrected chi connectivity index (χ1v) is 10.3. The molecule has 0 saturated heterocycles. The molecular weight excluding hydrogens is 384 g/mol. The second-order valence-corrected chi connectivity index (χ2v) is 8.88. The number of hydrogen-bond donors (Lipinski definition) is 0. The zero-order valence-electron chi connectivity index (χ0n) is 16.6. The Hall–Kier alpha value is -3.12. The van der Waals surface area contributed by atoms with Crippen molar-refractivity contribution in [2.45, 2.75) is 32.8 Å². The van der Waals surface area contributed by atoms with Crippen molar-refractivity contribution in [3.8, 4) is 10.6 Å². The summed E-state index contributed by atoms with van der Waals surface area (Å²) < 4.78 is 1.93. The van der Waals surface area contributed by atoms with Crippen LogP contribution in [0.1, 0.15) is 31.9 Å². The van der Waals surface area contributed by atoms with Crippen LogP contribution in [-0.2, 0) is 12.0 Å². The molecule has 2 aromatic heterocycles. The number of para-hydroxylation sites is 2. The molecular formula is C23H22N2O3S. The summed E-state index contributed by atoms with van der Waals surface area (Å²) in [6.45, 7) is 6.72. The SMILES string of the molecule is CC(C)(C)c1ccc(COn2c(=O)c(-c3cccs3)[n+]([O-])c3ccccc32)cc1. The molecule has 29 heavy (non-hydrogen) atoms. The molecule has 2 heterocycles. The summed E-state index contributed by atoms with van der Waals surface area (Å²) in [7, 11) is 0. The van der Waals surface area contributed by atoms with Gasteiger partial charge in [-0.15, -0.1) is 16.1 Å². The maximum atomic E-state index is 13.1. The average molecular weight is 407 g/mol. The molecule has 5 nitrogen and oxygen atoms in total. The smallest absolute Gasteiger partial charge is 0.358 e. The number of rotatable bonds is 4. The fourth-order valence-corrected chi connectivity index (χ4v) is 3.95. The third-order valence-corrected chi connectivity index (χ3v) is 5.72. The van der Waals surface area contributed by atoms with E-state index in [1.54, 1.807) is 30.3 Å².